The Morgan fingerprint density at radius 1 is 1.50 bits per heavy atom. The van der Waals surface area contributed by atoms with Crippen LogP contribution in [-0.2, 0) is 5.75 Å². The van der Waals surface area contributed by atoms with Gasteiger partial charge in [0.2, 0.25) is 0 Å². The second-order valence-electron chi connectivity index (χ2n) is 4.68. The molecule has 1 heterocycles. The normalized spacial score (nSPS) is 22.3. The van der Waals surface area contributed by atoms with E-state index in [9.17, 15) is 5.11 Å². The molecule has 1 aromatic rings. The van der Waals surface area contributed by atoms with Crippen LogP contribution in [-0.4, -0.2) is 35.0 Å². The highest BCUT2D eigenvalue weighted by Gasteiger charge is 2.24. The van der Waals surface area contributed by atoms with Crippen LogP contribution in [0.15, 0.2) is 24.3 Å². The lowest BCUT2D eigenvalue weighted by atomic mass is 10.0. The molecule has 0 radical (unpaired) electrons. The maximum absolute atomic E-state index is 9.36. The fourth-order valence-corrected chi connectivity index (χ4v) is 4.13. The number of nitrogens with one attached hydrogen (secondary N) is 1. The highest BCUT2D eigenvalue weighted by atomic mass is 32.2. The van der Waals surface area contributed by atoms with Gasteiger partial charge in [-0.1, -0.05) is 24.3 Å². The predicted molar refractivity (Wildman–Crippen MR) is 82.3 cm³/mol. The second kappa shape index (κ2) is 6.85. The molecule has 100 valence electrons. The Hall–Kier alpha value is -0.160. The van der Waals surface area contributed by atoms with Gasteiger partial charge >= 0.3 is 0 Å². The minimum absolute atomic E-state index is 0.233. The van der Waals surface area contributed by atoms with Crippen LogP contribution in [0.1, 0.15) is 24.1 Å². The number of hydrogen-bond acceptors (Lipinski definition) is 4. The van der Waals surface area contributed by atoms with E-state index in [0.717, 1.165) is 11.5 Å². The summed E-state index contributed by atoms with van der Waals surface area (Å²) in [5.41, 5.74) is 2.88. The summed E-state index contributed by atoms with van der Waals surface area (Å²) >= 11 is 3.71. The third-order valence-corrected chi connectivity index (χ3v) is 5.72. The number of thioether (sulfide) groups is 2. The lowest BCUT2D eigenvalue weighted by Gasteiger charge is -2.31. The zero-order chi connectivity index (χ0) is 13.0. The zero-order valence-corrected chi connectivity index (χ0v) is 12.6. The number of aliphatic hydroxyl groups excluding tert-OH is 1. The molecule has 2 nitrogen and oxygen atoms in total. The third kappa shape index (κ3) is 3.23. The zero-order valence-electron chi connectivity index (χ0n) is 10.9. The molecule has 3 atom stereocenters. The fraction of sp³-hybridized carbons (Fsp3) is 0.571. The van der Waals surface area contributed by atoms with Crippen molar-refractivity contribution in [3.05, 3.63) is 35.4 Å². The summed E-state index contributed by atoms with van der Waals surface area (Å²) in [6.07, 6.45) is 2.06. The van der Waals surface area contributed by atoms with Gasteiger partial charge in [0.25, 0.3) is 0 Å². The van der Waals surface area contributed by atoms with Crippen LogP contribution in [0, 0.1) is 0 Å². The van der Waals surface area contributed by atoms with Crippen LogP contribution in [0.25, 0.3) is 0 Å². The van der Waals surface area contributed by atoms with Crippen LogP contribution in [0.4, 0.5) is 0 Å². The first-order valence-corrected chi connectivity index (χ1v) is 8.75. The molecule has 0 amide bonds. The van der Waals surface area contributed by atoms with Gasteiger partial charge in [0.05, 0.1) is 6.61 Å². The molecule has 18 heavy (non-hydrogen) atoms. The highest BCUT2D eigenvalue weighted by Crippen LogP contribution is 2.32. The van der Waals surface area contributed by atoms with E-state index >= 15 is 0 Å². The standard InChI is InChI=1S/C14H21NOS2/c1-10(14(7-16)17-2)15-13-9-18-8-11-5-3-4-6-12(11)13/h3-6,10,13-16H,7-9H2,1-2H3. The van der Waals surface area contributed by atoms with E-state index in [1.165, 1.54) is 11.1 Å². The number of rotatable bonds is 5. The van der Waals surface area contributed by atoms with Gasteiger partial charge in [-0.25, -0.2) is 0 Å². The fourth-order valence-electron chi connectivity index (χ4n) is 2.38. The van der Waals surface area contributed by atoms with E-state index in [2.05, 4.69) is 42.8 Å². The van der Waals surface area contributed by atoms with Gasteiger partial charge in [-0.2, -0.15) is 23.5 Å². The Kier molecular flexibility index (Phi) is 5.42. The van der Waals surface area contributed by atoms with E-state index in [0.29, 0.717) is 12.1 Å². The van der Waals surface area contributed by atoms with Crippen molar-refractivity contribution in [2.24, 2.45) is 0 Å². The summed E-state index contributed by atoms with van der Waals surface area (Å²) in [4.78, 5) is 0. The average Bonchev–Trinajstić information content (AvgIpc) is 2.40. The number of hydrogen-bond donors (Lipinski definition) is 2. The van der Waals surface area contributed by atoms with Crippen LogP contribution in [0.5, 0.6) is 0 Å². The molecular formula is C14H21NOS2. The quantitative estimate of drug-likeness (QED) is 0.870. The Morgan fingerprint density at radius 3 is 3.00 bits per heavy atom. The third-order valence-electron chi connectivity index (χ3n) is 3.48. The van der Waals surface area contributed by atoms with Crippen molar-refractivity contribution in [2.75, 3.05) is 18.6 Å². The smallest absolute Gasteiger partial charge is 0.0564 e. The van der Waals surface area contributed by atoms with Gasteiger partial charge in [0.15, 0.2) is 0 Å². The van der Waals surface area contributed by atoms with Crippen LogP contribution in [0.2, 0.25) is 0 Å². The maximum Gasteiger partial charge on any atom is 0.0564 e. The predicted octanol–water partition coefficient (Wildman–Crippen LogP) is 2.68. The molecule has 0 fully saturated rings. The molecule has 1 aliphatic heterocycles. The first kappa shape index (κ1) is 14.3. The van der Waals surface area contributed by atoms with E-state index in [1.807, 2.05) is 11.8 Å². The average molecular weight is 283 g/mol. The molecule has 2 N–H and O–H groups in total. The van der Waals surface area contributed by atoms with Crippen molar-refractivity contribution in [3.63, 3.8) is 0 Å². The van der Waals surface area contributed by atoms with Crippen LogP contribution >= 0.6 is 23.5 Å². The molecule has 0 spiro atoms. The Bertz CT molecular complexity index is 382. The first-order chi connectivity index (χ1) is 8.76. The summed E-state index contributed by atoms with van der Waals surface area (Å²) in [7, 11) is 0. The van der Waals surface area contributed by atoms with E-state index < -0.39 is 0 Å². The number of benzene rings is 1. The maximum atomic E-state index is 9.36. The monoisotopic (exact) mass is 283 g/mol. The second-order valence-corrected chi connectivity index (χ2v) is 6.79. The van der Waals surface area contributed by atoms with Gasteiger partial charge in [0, 0.05) is 28.8 Å². The topological polar surface area (TPSA) is 32.3 Å². The van der Waals surface area contributed by atoms with E-state index in [1.54, 1.807) is 11.8 Å². The molecule has 0 aromatic heterocycles. The van der Waals surface area contributed by atoms with Crippen molar-refractivity contribution < 1.29 is 5.11 Å². The molecular weight excluding hydrogens is 262 g/mol. The van der Waals surface area contributed by atoms with Gasteiger partial charge in [-0.05, 0) is 24.3 Å². The van der Waals surface area contributed by atoms with E-state index in [4.69, 9.17) is 0 Å². The summed E-state index contributed by atoms with van der Waals surface area (Å²) in [6.45, 7) is 2.40. The minimum atomic E-state index is 0.233. The van der Waals surface area contributed by atoms with Crippen molar-refractivity contribution in [2.45, 2.75) is 30.0 Å². The molecule has 4 heteroatoms. The van der Waals surface area contributed by atoms with Crippen LogP contribution in [0.3, 0.4) is 0 Å². The summed E-state index contributed by atoms with van der Waals surface area (Å²) in [6, 6.07) is 9.42. The molecule has 1 aliphatic rings. The molecule has 0 saturated heterocycles. The largest absolute Gasteiger partial charge is 0.395 e. The van der Waals surface area contributed by atoms with Crippen LogP contribution < -0.4 is 5.32 Å². The number of aliphatic hydroxyl groups is 1. The van der Waals surface area contributed by atoms with Gasteiger partial charge in [-0.3, -0.25) is 0 Å². The van der Waals surface area contributed by atoms with Crippen molar-refractivity contribution in [1.29, 1.82) is 0 Å². The van der Waals surface area contributed by atoms with Crippen molar-refractivity contribution >= 4 is 23.5 Å². The summed E-state index contributed by atoms with van der Waals surface area (Å²) < 4.78 is 0. The summed E-state index contributed by atoms with van der Waals surface area (Å²) in [5.74, 6) is 2.24. The van der Waals surface area contributed by atoms with Gasteiger partial charge < -0.3 is 10.4 Å². The summed E-state index contributed by atoms with van der Waals surface area (Å²) in [5, 5.41) is 13.3. The molecule has 0 saturated carbocycles. The Balaban J connectivity index is 2.07. The molecule has 0 bridgehead atoms. The van der Waals surface area contributed by atoms with Gasteiger partial charge in [-0.15, -0.1) is 0 Å². The first-order valence-electron chi connectivity index (χ1n) is 6.31. The molecule has 3 unspecified atom stereocenters. The lowest BCUT2D eigenvalue weighted by molar-refractivity contribution is 0.272. The molecule has 0 aliphatic carbocycles. The van der Waals surface area contributed by atoms with Gasteiger partial charge in [0.1, 0.15) is 0 Å². The Labute approximate surface area is 118 Å². The van der Waals surface area contributed by atoms with Crippen molar-refractivity contribution in [1.82, 2.24) is 5.32 Å². The number of fused-ring (bicyclic) bond motifs is 1. The lowest BCUT2D eigenvalue weighted by Crippen LogP contribution is -2.41. The highest BCUT2D eigenvalue weighted by molar-refractivity contribution is 7.99. The Morgan fingerprint density at radius 2 is 2.28 bits per heavy atom. The molecule has 1 aromatic carbocycles. The minimum Gasteiger partial charge on any atom is -0.395 e. The van der Waals surface area contributed by atoms with Crippen molar-refractivity contribution in [3.8, 4) is 0 Å². The van der Waals surface area contributed by atoms with E-state index in [-0.39, 0.29) is 11.9 Å². The molecule has 2 rings (SSSR count). The SMILES string of the molecule is CSC(CO)C(C)NC1CSCc2ccccc21.